The van der Waals surface area contributed by atoms with Gasteiger partial charge in [0.05, 0.1) is 5.02 Å². The first kappa shape index (κ1) is 12.8. The van der Waals surface area contributed by atoms with Crippen LogP contribution in [0.4, 0.5) is 0 Å². The van der Waals surface area contributed by atoms with Gasteiger partial charge in [-0.05, 0) is 31.2 Å². The van der Waals surface area contributed by atoms with Gasteiger partial charge < -0.3 is 5.11 Å². The van der Waals surface area contributed by atoms with E-state index in [2.05, 4.69) is 9.97 Å². The van der Waals surface area contributed by atoms with Crippen molar-refractivity contribution in [1.82, 2.24) is 9.97 Å². The number of carboxylic acids is 1. The van der Waals surface area contributed by atoms with E-state index in [1.54, 1.807) is 25.1 Å². The van der Waals surface area contributed by atoms with Gasteiger partial charge >= 0.3 is 5.97 Å². The summed E-state index contributed by atoms with van der Waals surface area (Å²) in [5.74, 6) is -0.861. The number of nitrogens with zero attached hydrogens (tertiary/aromatic N) is 2. The zero-order valence-electron chi connectivity index (χ0n) is 9.32. The summed E-state index contributed by atoms with van der Waals surface area (Å²) in [4.78, 5) is 19.1. The Morgan fingerprint density at radius 2 is 1.94 bits per heavy atom. The van der Waals surface area contributed by atoms with Gasteiger partial charge in [0.1, 0.15) is 0 Å². The van der Waals surface area contributed by atoms with Gasteiger partial charge in [0.25, 0.3) is 0 Å². The highest BCUT2D eigenvalue weighted by atomic mass is 35.5. The van der Waals surface area contributed by atoms with Gasteiger partial charge in [0.2, 0.25) is 0 Å². The van der Waals surface area contributed by atoms with Gasteiger partial charge in [-0.1, -0.05) is 23.2 Å². The molecule has 4 nitrogen and oxygen atoms in total. The van der Waals surface area contributed by atoms with Crippen molar-refractivity contribution >= 4 is 29.2 Å². The monoisotopic (exact) mass is 282 g/mol. The number of carbonyl (C=O) groups is 1. The number of benzene rings is 1. The standard InChI is InChI=1S/C12H8Cl2N2O2/c1-6-4-10(12(17)18)16-11(15-6)8-5-7(13)2-3-9(8)14/h2-5H,1H3,(H,17,18). The topological polar surface area (TPSA) is 63.1 Å². The van der Waals surface area contributed by atoms with Gasteiger partial charge in [-0.15, -0.1) is 0 Å². The van der Waals surface area contributed by atoms with Gasteiger partial charge in [0.15, 0.2) is 11.5 Å². The molecule has 1 heterocycles. The van der Waals surface area contributed by atoms with Crippen LogP contribution < -0.4 is 0 Å². The minimum atomic E-state index is -1.11. The SMILES string of the molecule is Cc1cc(C(=O)O)nc(-c2cc(Cl)ccc2Cl)n1. The Morgan fingerprint density at radius 1 is 1.22 bits per heavy atom. The molecule has 1 aromatic heterocycles. The number of halogens is 2. The molecule has 2 aromatic rings. The molecule has 0 saturated carbocycles. The molecule has 0 atom stereocenters. The van der Waals surface area contributed by atoms with Crippen molar-refractivity contribution in [3.05, 3.63) is 45.7 Å². The third-order valence-corrected chi connectivity index (χ3v) is 2.81. The molecule has 0 saturated heterocycles. The average Bonchev–Trinajstić information content (AvgIpc) is 2.31. The highest BCUT2D eigenvalue weighted by molar-refractivity contribution is 6.35. The van der Waals surface area contributed by atoms with Crippen molar-refractivity contribution in [3.8, 4) is 11.4 Å². The summed E-state index contributed by atoms with van der Waals surface area (Å²) in [6.45, 7) is 1.69. The molecule has 0 amide bonds. The van der Waals surface area contributed by atoms with Crippen LogP contribution in [-0.2, 0) is 0 Å². The van der Waals surface area contributed by atoms with Crippen LogP contribution in [0.5, 0.6) is 0 Å². The van der Waals surface area contributed by atoms with E-state index in [0.717, 1.165) is 0 Å². The summed E-state index contributed by atoms with van der Waals surface area (Å²) in [6.07, 6.45) is 0. The molecule has 92 valence electrons. The smallest absolute Gasteiger partial charge is 0.354 e. The van der Waals surface area contributed by atoms with Crippen LogP contribution in [0.25, 0.3) is 11.4 Å². The van der Waals surface area contributed by atoms with Gasteiger partial charge in [-0.25, -0.2) is 14.8 Å². The molecule has 0 fully saturated rings. The van der Waals surface area contributed by atoms with Crippen LogP contribution >= 0.6 is 23.2 Å². The second-order valence-electron chi connectivity index (χ2n) is 3.65. The number of hydrogen-bond acceptors (Lipinski definition) is 3. The van der Waals surface area contributed by atoms with E-state index in [1.165, 1.54) is 6.07 Å². The average molecular weight is 283 g/mol. The molecule has 0 aliphatic rings. The fraction of sp³-hybridized carbons (Fsp3) is 0.0833. The summed E-state index contributed by atoms with van der Waals surface area (Å²) in [7, 11) is 0. The predicted octanol–water partition coefficient (Wildman–Crippen LogP) is 3.46. The number of carboxylic acid groups (broad SMARTS) is 1. The quantitative estimate of drug-likeness (QED) is 0.916. The molecular formula is C12H8Cl2N2O2. The van der Waals surface area contributed by atoms with E-state index >= 15 is 0 Å². The first-order chi connectivity index (χ1) is 8.47. The second-order valence-corrected chi connectivity index (χ2v) is 4.49. The Hall–Kier alpha value is -1.65. The first-order valence-electron chi connectivity index (χ1n) is 5.02. The van der Waals surface area contributed by atoms with Gasteiger partial charge in [0, 0.05) is 16.3 Å². The maximum Gasteiger partial charge on any atom is 0.354 e. The number of aromatic nitrogens is 2. The van der Waals surface area contributed by atoms with E-state index in [0.29, 0.717) is 21.3 Å². The van der Waals surface area contributed by atoms with Crippen LogP contribution in [-0.4, -0.2) is 21.0 Å². The zero-order valence-corrected chi connectivity index (χ0v) is 10.8. The number of hydrogen-bond donors (Lipinski definition) is 1. The van der Waals surface area contributed by atoms with Crippen LogP contribution in [0.2, 0.25) is 10.0 Å². The number of aryl methyl sites for hydroxylation is 1. The highest BCUT2D eigenvalue weighted by Crippen LogP contribution is 2.28. The van der Waals surface area contributed by atoms with Crippen molar-refractivity contribution < 1.29 is 9.90 Å². The van der Waals surface area contributed by atoms with Crippen LogP contribution in [0.15, 0.2) is 24.3 Å². The molecule has 6 heteroatoms. The second kappa shape index (κ2) is 4.92. The fourth-order valence-electron chi connectivity index (χ4n) is 1.47. The van der Waals surface area contributed by atoms with Crippen molar-refractivity contribution in [2.75, 3.05) is 0 Å². The van der Waals surface area contributed by atoms with E-state index in [9.17, 15) is 4.79 Å². The largest absolute Gasteiger partial charge is 0.477 e. The van der Waals surface area contributed by atoms with Gasteiger partial charge in [-0.3, -0.25) is 0 Å². The molecule has 18 heavy (non-hydrogen) atoms. The minimum absolute atomic E-state index is 0.0754. The Kier molecular flexibility index (Phi) is 3.50. The lowest BCUT2D eigenvalue weighted by Crippen LogP contribution is -2.04. The number of rotatable bonds is 2. The maximum absolute atomic E-state index is 10.9. The third-order valence-electron chi connectivity index (χ3n) is 2.24. The number of aromatic carboxylic acids is 1. The maximum atomic E-state index is 10.9. The summed E-state index contributed by atoms with van der Waals surface area (Å²) < 4.78 is 0. The predicted molar refractivity (Wildman–Crippen MR) is 69.2 cm³/mol. The molecule has 0 bridgehead atoms. The van der Waals surface area contributed by atoms with E-state index < -0.39 is 5.97 Å². The Labute approximate surface area is 113 Å². The van der Waals surface area contributed by atoms with Crippen molar-refractivity contribution in [3.63, 3.8) is 0 Å². The third kappa shape index (κ3) is 2.60. The normalized spacial score (nSPS) is 10.4. The van der Waals surface area contributed by atoms with Crippen LogP contribution in [0, 0.1) is 6.92 Å². The van der Waals surface area contributed by atoms with E-state index in [-0.39, 0.29) is 11.5 Å². The molecule has 0 unspecified atom stereocenters. The minimum Gasteiger partial charge on any atom is -0.477 e. The highest BCUT2D eigenvalue weighted by Gasteiger charge is 2.12. The first-order valence-corrected chi connectivity index (χ1v) is 5.77. The molecule has 1 N–H and O–H groups in total. The Bertz CT molecular complexity index is 629. The zero-order chi connectivity index (χ0) is 13.3. The lowest BCUT2D eigenvalue weighted by Gasteiger charge is -2.06. The summed E-state index contributed by atoms with van der Waals surface area (Å²) >= 11 is 11.9. The fourth-order valence-corrected chi connectivity index (χ4v) is 1.84. The molecule has 0 aliphatic heterocycles. The van der Waals surface area contributed by atoms with Crippen LogP contribution in [0.1, 0.15) is 16.2 Å². The van der Waals surface area contributed by atoms with Gasteiger partial charge in [-0.2, -0.15) is 0 Å². The van der Waals surface area contributed by atoms with Crippen molar-refractivity contribution in [1.29, 1.82) is 0 Å². The Balaban J connectivity index is 2.63. The van der Waals surface area contributed by atoms with E-state index in [4.69, 9.17) is 28.3 Å². The summed E-state index contributed by atoms with van der Waals surface area (Å²) in [6, 6.07) is 6.25. The van der Waals surface area contributed by atoms with E-state index in [1.807, 2.05) is 0 Å². The lowest BCUT2D eigenvalue weighted by molar-refractivity contribution is 0.0690. The summed E-state index contributed by atoms with van der Waals surface area (Å²) in [5, 5.41) is 9.86. The molecular weight excluding hydrogens is 275 g/mol. The molecule has 0 aliphatic carbocycles. The molecule has 1 aromatic carbocycles. The Morgan fingerprint density at radius 3 is 2.61 bits per heavy atom. The van der Waals surface area contributed by atoms with Crippen LogP contribution in [0.3, 0.4) is 0 Å². The molecule has 0 spiro atoms. The molecule has 0 radical (unpaired) electrons. The summed E-state index contributed by atoms with van der Waals surface area (Å²) in [5.41, 5.74) is 0.984. The van der Waals surface area contributed by atoms with Crippen molar-refractivity contribution in [2.45, 2.75) is 6.92 Å². The lowest BCUT2D eigenvalue weighted by atomic mass is 10.2. The van der Waals surface area contributed by atoms with Crippen molar-refractivity contribution in [2.24, 2.45) is 0 Å². The molecule has 2 rings (SSSR count).